The fourth-order valence-corrected chi connectivity index (χ4v) is 1.41. The van der Waals surface area contributed by atoms with Gasteiger partial charge in [0.25, 0.3) is 0 Å². The molecule has 1 atom stereocenters. The van der Waals surface area contributed by atoms with Crippen LogP contribution in [0.25, 0.3) is 0 Å². The van der Waals surface area contributed by atoms with Gasteiger partial charge in [-0.1, -0.05) is 6.07 Å². The number of hydrogen-bond donors (Lipinski definition) is 1. The number of rotatable bonds is 6. The number of hydrogen-bond acceptors (Lipinski definition) is 4. The smallest absolute Gasteiger partial charge is 0.329 e. The molecule has 1 unspecified atom stereocenters. The Morgan fingerprint density at radius 2 is 2.16 bits per heavy atom. The maximum absolute atomic E-state index is 13.4. The van der Waals surface area contributed by atoms with Gasteiger partial charge < -0.3 is 14.8 Å². The van der Waals surface area contributed by atoms with Gasteiger partial charge in [0, 0.05) is 6.07 Å². The molecule has 0 saturated heterocycles. The van der Waals surface area contributed by atoms with Gasteiger partial charge in [-0.15, -0.1) is 0 Å². The summed E-state index contributed by atoms with van der Waals surface area (Å²) in [4.78, 5) is 11.8. The predicted molar refractivity (Wildman–Crippen MR) is 70.7 cm³/mol. The van der Waals surface area contributed by atoms with Crippen molar-refractivity contribution in [1.82, 2.24) is 5.32 Å². The van der Waals surface area contributed by atoms with Crippen molar-refractivity contribution in [2.24, 2.45) is 0 Å². The first-order valence-corrected chi connectivity index (χ1v) is 6.18. The monoisotopic (exact) mass is 269 g/mol. The molecule has 0 aliphatic carbocycles. The van der Waals surface area contributed by atoms with Gasteiger partial charge in [-0.05, 0) is 39.4 Å². The molecular weight excluding hydrogens is 249 g/mol. The SMILES string of the molecule is CCOC(=O)C(C)(COc1ccc(C)c(F)c1)NC. The third kappa shape index (κ3) is 3.92. The van der Waals surface area contributed by atoms with E-state index in [0.717, 1.165) is 0 Å². The molecule has 0 fully saturated rings. The van der Waals surface area contributed by atoms with Gasteiger partial charge in [-0.2, -0.15) is 0 Å². The summed E-state index contributed by atoms with van der Waals surface area (Å²) in [6.07, 6.45) is 0. The molecule has 0 bridgehead atoms. The Labute approximate surface area is 112 Å². The van der Waals surface area contributed by atoms with E-state index in [0.29, 0.717) is 17.9 Å². The van der Waals surface area contributed by atoms with Gasteiger partial charge in [-0.3, -0.25) is 0 Å². The number of aryl methyl sites for hydroxylation is 1. The van der Waals surface area contributed by atoms with Crippen LogP contribution >= 0.6 is 0 Å². The third-order valence-electron chi connectivity index (χ3n) is 2.95. The van der Waals surface area contributed by atoms with Crippen molar-refractivity contribution in [3.8, 4) is 5.75 Å². The van der Waals surface area contributed by atoms with E-state index in [-0.39, 0.29) is 12.4 Å². The number of benzene rings is 1. The molecule has 0 aliphatic rings. The van der Waals surface area contributed by atoms with Crippen molar-refractivity contribution in [2.75, 3.05) is 20.3 Å². The highest BCUT2D eigenvalue weighted by Crippen LogP contribution is 2.17. The molecule has 0 aromatic heterocycles. The summed E-state index contributed by atoms with van der Waals surface area (Å²) in [5.41, 5.74) is -0.411. The van der Waals surface area contributed by atoms with Crippen molar-refractivity contribution in [3.05, 3.63) is 29.6 Å². The predicted octanol–water partition coefficient (Wildman–Crippen LogP) is 2.05. The summed E-state index contributed by atoms with van der Waals surface area (Å²) < 4.78 is 23.8. The maximum atomic E-state index is 13.4. The highest BCUT2D eigenvalue weighted by atomic mass is 19.1. The zero-order valence-corrected chi connectivity index (χ0v) is 11.7. The van der Waals surface area contributed by atoms with Crippen LogP contribution in [0, 0.1) is 12.7 Å². The minimum absolute atomic E-state index is 0.0604. The summed E-state index contributed by atoms with van der Waals surface area (Å²) in [5.74, 6) is -0.348. The Morgan fingerprint density at radius 1 is 1.47 bits per heavy atom. The Bertz CT molecular complexity index is 450. The molecule has 0 saturated carbocycles. The standard InChI is InChI=1S/C14H20FNO3/c1-5-18-13(17)14(3,16-4)9-19-11-7-6-10(2)12(15)8-11/h6-8,16H,5,9H2,1-4H3. The minimum Gasteiger partial charge on any atom is -0.491 e. The number of carbonyl (C=O) groups excluding carboxylic acids is 1. The van der Waals surface area contributed by atoms with Crippen LogP contribution < -0.4 is 10.1 Å². The van der Waals surface area contributed by atoms with Gasteiger partial charge in [0.2, 0.25) is 0 Å². The van der Waals surface area contributed by atoms with E-state index >= 15 is 0 Å². The average Bonchev–Trinajstić information content (AvgIpc) is 2.40. The van der Waals surface area contributed by atoms with Gasteiger partial charge >= 0.3 is 5.97 Å². The molecule has 1 N–H and O–H groups in total. The molecule has 0 radical (unpaired) electrons. The molecule has 1 aromatic rings. The van der Waals surface area contributed by atoms with E-state index in [1.54, 1.807) is 40.0 Å². The molecule has 0 aliphatic heterocycles. The number of esters is 1. The quantitative estimate of drug-likeness (QED) is 0.803. The number of halogens is 1. The number of ether oxygens (including phenoxy) is 2. The molecule has 106 valence electrons. The first-order valence-electron chi connectivity index (χ1n) is 6.18. The fourth-order valence-electron chi connectivity index (χ4n) is 1.41. The molecule has 1 aromatic carbocycles. The molecular formula is C14H20FNO3. The summed E-state index contributed by atoms with van der Waals surface area (Å²) in [6.45, 7) is 5.45. The summed E-state index contributed by atoms with van der Waals surface area (Å²) in [7, 11) is 1.65. The average molecular weight is 269 g/mol. The Kier molecular flexibility index (Phi) is 5.30. The van der Waals surface area contributed by atoms with Gasteiger partial charge in [-0.25, -0.2) is 9.18 Å². The Balaban J connectivity index is 2.71. The van der Waals surface area contributed by atoms with Crippen LogP contribution in [0.2, 0.25) is 0 Å². The summed E-state index contributed by atoms with van der Waals surface area (Å²) >= 11 is 0. The first-order chi connectivity index (χ1) is 8.92. The second-order valence-electron chi connectivity index (χ2n) is 4.50. The lowest BCUT2D eigenvalue weighted by Gasteiger charge is -2.26. The summed E-state index contributed by atoms with van der Waals surface area (Å²) in [5, 5.41) is 2.87. The topological polar surface area (TPSA) is 47.6 Å². The van der Waals surface area contributed by atoms with Crippen molar-refractivity contribution in [2.45, 2.75) is 26.3 Å². The molecule has 0 spiro atoms. The van der Waals surface area contributed by atoms with E-state index in [2.05, 4.69) is 5.32 Å². The van der Waals surface area contributed by atoms with E-state index in [1.807, 2.05) is 0 Å². The maximum Gasteiger partial charge on any atom is 0.329 e. The highest BCUT2D eigenvalue weighted by molar-refractivity contribution is 5.80. The van der Waals surface area contributed by atoms with Crippen molar-refractivity contribution < 1.29 is 18.7 Å². The second-order valence-corrected chi connectivity index (χ2v) is 4.50. The van der Waals surface area contributed by atoms with Crippen LogP contribution in [-0.4, -0.2) is 31.8 Å². The molecule has 0 heterocycles. The van der Waals surface area contributed by atoms with Gasteiger partial charge in [0.1, 0.15) is 23.7 Å². The fraction of sp³-hybridized carbons (Fsp3) is 0.500. The first kappa shape index (κ1) is 15.4. The summed E-state index contributed by atoms with van der Waals surface area (Å²) in [6, 6.07) is 4.60. The van der Waals surface area contributed by atoms with Crippen LogP contribution in [0.1, 0.15) is 19.4 Å². The molecule has 4 nitrogen and oxygen atoms in total. The van der Waals surface area contributed by atoms with Crippen molar-refractivity contribution in [3.63, 3.8) is 0 Å². The van der Waals surface area contributed by atoms with Crippen LogP contribution in [0.3, 0.4) is 0 Å². The van der Waals surface area contributed by atoms with Crippen molar-refractivity contribution >= 4 is 5.97 Å². The molecule has 5 heteroatoms. The normalized spacial score (nSPS) is 13.7. The lowest BCUT2D eigenvalue weighted by Crippen LogP contribution is -2.53. The minimum atomic E-state index is -0.961. The zero-order valence-electron chi connectivity index (χ0n) is 11.7. The lowest BCUT2D eigenvalue weighted by atomic mass is 10.1. The highest BCUT2D eigenvalue weighted by Gasteiger charge is 2.34. The van der Waals surface area contributed by atoms with Crippen LogP contribution in [0.4, 0.5) is 4.39 Å². The molecule has 0 amide bonds. The lowest BCUT2D eigenvalue weighted by molar-refractivity contribution is -0.151. The van der Waals surface area contributed by atoms with Gasteiger partial charge in [0.05, 0.1) is 6.61 Å². The van der Waals surface area contributed by atoms with Gasteiger partial charge in [0.15, 0.2) is 0 Å². The number of likely N-dealkylation sites (N-methyl/N-ethyl adjacent to an activating group) is 1. The second kappa shape index (κ2) is 6.52. The molecule has 19 heavy (non-hydrogen) atoms. The van der Waals surface area contributed by atoms with E-state index in [9.17, 15) is 9.18 Å². The van der Waals surface area contributed by atoms with E-state index in [4.69, 9.17) is 9.47 Å². The van der Waals surface area contributed by atoms with Crippen LogP contribution in [0.5, 0.6) is 5.75 Å². The van der Waals surface area contributed by atoms with E-state index in [1.165, 1.54) is 6.07 Å². The number of carbonyl (C=O) groups is 1. The number of nitrogens with one attached hydrogen (secondary N) is 1. The molecule has 1 rings (SSSR count). The van der Waals surface area contributed by atoms with Crippen LogP contribution in [-0.2, 0) is 9.53 Å². The van der Waals surface area contributed by atoms with Crippen molar-refractivity contribution in [1.29, 1.82) is 0 Å². The Morgan fingerprint density at radius 3 is 2.68 bits per heavy atom. The largest absolute Gasteiger partial charge is 0.491 e. The zero-order chi connectivity index (χ0) is 14.5. The Hall–Kier alpha value is -1.62. The van der Waals surface area contributed by atoms with Crippen LogP contribution in [0.15, 0.2) is 18.2 Å². The van der Waals surface area contributed by atoms with E-state index < -0.39 is 11.5 Å². The third-order valence-corrected chi connectivity index (χ3v) is 2.95.